The Balaban J connectivity index is 2.65. The zero-order valence-corrected chi connectivity index (χ0v) is 14.2. The lowest BCUT2D eigenvalue weighted by molar-refractivity contribution is 0.810. The maximum absolute atomic E-state index is 4.68. The van der Waals surface area contributed by atoms with E-state index in [2.05, 4.69) is 61.0 Å². The smallest absolute Gasteiger partial charge is 0.162 e. The van der Waals surface area contributed by atoms with Crippen molar-refractivity contribution in [2.45, 2.75) is 19.8 Å². The number of nitrogens with zero attached hydrogens (tertiary/aromatic N) is 2. The average molecular weight is 385 g/mol. The van der Waals surface area contributed by atoms with Crippen LogP contribution in [0.25, 0.3) is 11.4 Å². The van der Waals surface area contributed by atoms with Crippen molar-refractivity contribution >= 4 is 37.7 Å². The van der Waals surface area contributed by atoms with Gasteiger partial charge < -0.3 is 5.32 Å². The Kier molecular flexibility index (Phi) is 4.58. The third-order valence-corrected chi connectivity index (χ3v) is 4.25. The van der Waals surface area contributed by atoms with E-state index in [4.69, 9.17) is 0 Å². The van der Waals surface area contributed by atoms with Crippen LogP contribution in [0.4, 0.5) is 5.82 Å². The van der Waals surface area contributed by atoms with Crippen LogP contribution in [-0.4, -0.2) is 17.0 Å². The van der Waals surface area contributed by atoms with Crippen molar-refractivity contribution in [2.24, 2.45) is 0 Å². The number of rotatable bonds is 3. The highest BCUT2D eigenvalue weighted by Gasteiger charge is 2.16. The van der Waals surface area contributed by atoms with Gasteiger partial charge in [0, 0.05) is 17.1 Å². The van der Waals surface area contributed by atoms with Crippen molar-refractivity contribution in [3.63, 3.8) is 0 Å². The minimum absolute atomic E-state index is 0.325. The van der Waals surface area contributed by atoms with Crippen LogP contribution in [0.3, 0.4) is 0 Å². The van der Waals surface area contributed by atoms with E-state index in [-0.39, 0.29) is 0 Å². The van der Waals surface area contributed by atoms with Crippen LogP contribution in [0.15, 0.2) is 33.2 Å². The van der Waals surface area contributed by atoms with Gasteiger partial charge >= 0.3 is 0 Å². The van der Waals surface area contributed by atoms with Crippen molar-refractivity contribution < 1.29 is 0 Å². The first-order chi connectivity index (χ1) is 9.04. The zero-order chi connectivity index (χ0) is 14.0. The van der Waals surface area contributed by atoms with Crippen LogP contribution >= 0.6 is 31.9 Å². The van der Waals surface area contributed by atoms with Crippen molar-refractivity contribution in [1.82, 2.24) is 9.97 Å². The molecule has 0 bridgehead atoms. The lowest BCUT2D eigenvalue weighted by Gasteiger charge is -2.14. The summed E-state index contributed by atoms with van der Waals surface area (Å²) in [4.78, 5) is 9.25. The molecule has 0 fully saturated rings. The van der Waals surface area contributed by atoms with Crippen LogP contribution in [0.2, 0.25) is 0 Å². The fraction of sp³-hybridized carbons (Fsp3) is 0.286. The summed E-state index contributed by atoms with van der Waals surface area (Å²) in [5.41, 5.74) is 2.00. The third kappa shape index (κ3) is 2.98. The number of aromatic nitrogens is 2. The van der Waals surface area contributed by atoms with Gasteiger partial charge in [0.1, 0.15) is 5.82 Å². The van der Waals surface area contributed by atoms with Gasteiger partial charge in [-0.25, -0.2) is 9.97 Å². The first kappa shape index (κ1) is 14.5. The summed E-state index contributed by atoms with van der Waals surface area (Å²) in [6, 6.07) is 7.97. The van der Waals surface area contributed by atoms with Crippen LogP contribution in [-0.2, 0) is 0 Å². The standard InChI is InChI=1S/C14H15Br2N3/c1-8(2)12-11(16)14(17-3)19-13(18-12)9-6-4-5-7-10(9)15/h4-8H,1-3H3,(H,17,18,19). The highest BCUT2D eigenvalue weighted by molar-refractivity contribution is 9.11. The molecule has 2 aromatic rings. The quantitative estimate of drug-likeness (QED) is 0.823. The monoisotopic (exact) mass is 383 g/mol. The SMILES string of the molecule is CNc1nc(-c2ccccc2Br)nc(C(C)C)c1Br. The Morgan fingerprint density at radius 3 is 2.37 bits per heavy atom. The van der Waals surface area contributed by atoms with Gasteiger partial charge in [-0.1, -0.05) is 48.0 Å². The van der Waals surface area contributed by atoms with Gasteiger partial charge in [0.25, 0.3) is 0 Å². The molecule has 0 saturated carbocycles. The molecule has 2 rings (SSSR count). The fourth-order valence-electron chi connectivity index (χ4n) is 1.78. The largest absolute Gasteiger partial charge is 0.372 e. The molecule has 0 aliphatic rings. The predicted molar refractivity (Wildman–Crippen MR) is 86.5 cm³/mol. The Bertz CT molecular complexity index is 597. The van der Waals surface area contributed by atoms with Gasteiger partial charge in [0.05, 0.1) is 10.2 Å². The number of anilines is 1. The van der Waals surface area contributed by atoms with E-state index in [9.17, 15) is 0 Å². The zero-order valence-electron chi connectivity index (χ0n) is 11.0. The summed E-state index contributed by atoms with van der Waals surface area (Å²) < 4.78 is 1.93. The fourth-order valence-corrected chi connectivity index (χ4v) is 3.07. The molecule has 19 heavy (non-hydrogen) atoms. The molecule has 0 unspecified atom stereocenters. The summed E-state index contributed by atoms with van der Waals surface area (Å²) >= 11 is 7.12. The maximum Gasteiger partial charge on any atom is 0.162 e. The van der Waals surface area contributed by atoms with Gasteiger partial charge in [-0.2, -0.15) is 0 Å². The van der Waals surface area contributed by atoms with E-state index in [1.54, 1.807) is 0 Å². The molecule has 1 aromatic carbocycles. The summed E-state index contributed by atoms with van der Waals surface area (Å²) in [5.74, 6) is 1.86. The minimum atomic E-state index is 0.325. The van der Waals surface area contributed by atoms with Crippen molar-refractivity contribution in [3.8, 4) is 11.4 Å². The molecule has 1 N–H and O–H groups in total. The Morgan fingerprint density at radius 2 is 1.79 bits per heavy atom. The first-order valence-electron chi connectivity index (χ1n) is 6.04. The number of hydrogen-bond acceptors (Lipinski definition) is 3. The summed E-state index contributed by atoms with van der Waals surface area (Å²) in [6.45, 7) is 4.24. The number of nitrogens with one attached hydrogen (secondary N) is 1. The minimum Gasteiger partial charge on any atom is -0.372 e. The maximum atomic E-state index is 4.68. The summed E-state index contributed by atoms with van der Waals surface area (Å²) in [6.07, 6.45) is 0. The molecule has 0 amide bonds. The molecule has 0 spiro atoms. The summed E-state index contributed by atoms with van der Waals surface area (Å²) in [7, 11) is 1.86. The highest BCUT2D eigenvalue weighted by Crippen LogP contribution is 2.33. The molecule has 0 aliphatic heterocycles. The van der Waals surface area contributed by atoms with Crippen LogP contribution in [0.5, 0.6) is 0 Å². The lowest BCUT2D eigenvalue weighted by Crippen LogP contribution is -2.04. The van der Waals surface area contributed by atoms with Crippen molar-refractivity contribution in [3.05, 3.63) is 38.9 Å². The van der Waals surface area contributed by atoms with Crippen molar-refractivity contribution in [2.75, 3.05) is 12.4 Å². The second kappa shape index (κ2) is 6.01. The van der Waals surface area contributed by atoms with E-state index < -0.39 is 0 Å². The van der Waals surface area contributed by atoms with Gasteiger partial charge in [-0.15, -0.1) is 0 Å². The van der Waals surface area contributed by atoms with E-state index in [1.165, 1.54) is 0 Å². The average Bonchev–Trinajstić information content (AvgIpc) is 2.39. The molecule has 0 radical (unpaired) electrons. The van der Waals surface area contributed by atoms with E-state index in [0.29, 0.717) is 5.92 Å². The molecular formula is C14H15Br2N3. The van der Waals surface area contributed by atoms with E-state index in [1.807, 2.05) is 31.3 Å². The molecule has 1 heterocycles. The molecule has 1 aromatic heterocycles. The lowest BCUT2D eigenvalue weighted by atomic mass is 10.1. The third-order valence-electron chi connectivity index (χ3n) is 2.78. The molecule has 100 valence electrons. The molecular weight excluding hydrogens is 370 g/mol. The topological polar surface area (TPSA) is 37.8 Å². The molecule has 3 nitrogen and oxygen atoms in total. The predicted octanol–water partition coefficient (Wildman–Crippen LogP) is 4.83. The Labute approximate surface area is 130 Å². The van der Waals surface area contributed by atoms with Crippen LogP contribution in [0, 0.1) is 0 Å². The molecule has 0 atom stereocenters. The normalized spacial score (nSPS) is 10.8. The first-order valence-corrected chi connectivity index (χ1v) is 7.63. The summed E-state index contributed by atoms with van der Waals surface area (Å²) in [5, 5.41) is 3.11. The molecule has 0 saturated heterocycles. The van der Waals surface area contributed by atoms with Crippen LogP contribution < -0.4 is 5.32 Å². The Morgan fingerprint density at radius 1 is 1.11 bits per heavy atom. The van der Waals surface area contributed by atoms with Gasteiger partial charge in [0.15, 0.2) is 5.82 Å². The molecule has 5 heteroatoms. The van der Waals surface area contributed by atoms with Gasteiger partial charge in [-0.05, 0) is 27.9 Å². The van der Waals surface area contributed by atoms with E-state index in [0.717, 1.165) is 31.8 Å². The van der Waals surface area contributed by atoms with Gasteiger partial charge in [0.2, 0.25) is 0 Å². The van der Waals surface area contributed by atoms with Crippen molar-refractivity contribution in [1.29, 1.82) is 0 Å². The second-order valence-corrected chi connectivity index (χ2v) is 6.13. The second-order valence-electron chi connectivity index (χ2n) is 4.48. The number of benzene rings is 1. The number of halogens is 2. The highest BCUT2D eigenvalue weighted by atomic mass is 79.9. The van der Waals surface area contributed by atoms with Crippen LogP contribution in [0.1, 0.15) is 25.5 Å². The Hall–Kier alpha value is -0.940. The number of hydrogen-bond donors (Lipinski definition) is 1. The van der Waals surface area contributed by atoms with Gasteiger partial charge in [-0.3, -0.25) is 0 Å². The molecule has 0 aliphatic carbocycles. The van der Waals surface area contributed by atoms with E-state index >= 15 is 0 Å².